The molecular weight excluding hydrogens is 268 g/mol. The van der Waals surface area contributed by atoms with E-state index in [-0.39, 0.29) is 5.41 Å². The predicted octanol–water partition coefficient (Wildman–Crippen LogP) is 3.48. The highest BCUT2D eigenvalue weighted by molar-refractivity contribution is 8.14. The zero-order valence-electron chi connectivity index (χ0n) is 12.6. The average molecular weight is 292 g/mol. The maximum absolute atomic E-state index is 5.16. The van der Waals surface area contributed by atoms with Crippen molar-refractivity contribution in [2.75, 3.05) is 26.8 Å². The molecule has 1 atom stereocenters. The molecule has 1 aromatic rings. The quantitative estimate of drug-likeness (QED) is 0.871. The number of thioether (sulfide) groups is 1. The molecule has 0 saturated carbocycles. The van der Waals surface area contributed by atoms with Gasteiger partial charge in [-0.3, -0.25) is 4.99 Å². The molecule has 0 aliphatic carbocycles. The second-order valence-corrected chi connectivity index (χ2v) is 7.12. The van der Waals surface area contributed by atoms with Crippen molar-refractivity contribution in [1.29, 1.82) is 0 Å². The molecule has 0 spiro atoms. The van der Waals surface area contributed by atoms with Crippen molar-refractivity contribution in [3.05, 3.63) is 35.9 Å². The minimum atomic E-state index is 0.226. The van der Waals surface area contributed by atoms with Crippen molar-refractivity contribution in [2.45, 2.75) is 25.5 Å². The van der Waals surface area contributed by atoms with Gasteiger partial charge < -0.3 is 10.1 Å². The fraction of sp³-hybridized carbons (Fsp3) is 0.562. The molecule has 1 heterocycles. The predicted molar refractivity (Wildman–Crippen MR) is 87.4 cm³/mol. The Balaban J connectivity index is 1.79. The Hall–Kier alpha value is -1.00. The zero-order valence-corrected chi connectivity index (χ0v) is 13.4. The first kappa shape index (κ1) is 15.4. The van der Waals surface area contributed by atoms with Crippen LogP contribution in [-0.2, 0) is 4.74 Å². The summed E-state index contributed by atoms with van der Waals surface area (Å²) in [6.07, 6.45) is 1.05. The fourth-order valence-corrected chi connectivity index (χ4v) is 3.11. The summed E-state index contributed by atoms with van der Waals surface area (Å²) in [4.78, 5) is 4.61. The first-order valence-corrected chi connectivity index (χ1v) is 7.97. The number of hydrogen-bond acceptors (Lipinski definition) is 4. The van der Waals surface area contributed by atoms with E-state index in [0.717, 1.165) is 31.3 Å². The molecule has 0 amide bonds. The van der Waals surface area contributed by atoms with E-state index >= 15 is 0 Å². The van der Waals surface area contributed by atoms with Crippen LogP contribution in [-0.4, -0.2) is 32.0 Å². The zero-order chi connectivity index (χ0) is 14.4. The van der Waals surface area contributed by atoms with Crippen LogP contribution in [0.1, 0.15) is 31.1 Å². The molecule has 0 saturated heterocycles. The Labute approximate surface area is 126 Å². The Bertz CT molecular complexity index is 445. The molecule has 1 aliphatic rings. The van der Waals surface area contributed by atoms with Crippen molar-refractivity contribution in [2.24, 2.45) is 10.4 Å². The highest BCUT2D eigenvalue weighted by atomic mass is 32.2. The number of nitrogens with one attached hydrogen (secondary N) is 1. The maximum Gasteiger partial charge on any atom is 0.157 e. The van der Waals surface area contributed by atoms with Crippen LogP contribution in [0.4, 0.5) is 0 Å². The molecule has 2 rings (SSSR count). The number of aliphatic imine (C=N–C) groups is 1. The second-order valence-electron chi connectivity index (χ2n) is 5.92. The molecule has 0 fully saturated rings. The third-order valence-corrected chi connectivity index (χ3v) is 4.73. The van der Waals surface area contributed by atoms with E-state index in [2.05, 4.69) is 54.5 Å². The van der Waals surface area contributed by atoms with Crippen LogP contribution in [0.2, 0.25) is 0 Å². The Kier molecular flexibility index (Phi) is 5.49. The van der Waals surface area contributed by atoms with Crippen LogP contribution < -0.4 is 5.32 Å². The van der Waals surface area contributed by atoms with Gasteiger partial charge in [-0.1, -0.05) is 55.9 Å². The molecule has 1 N–H and O–H groups in total. The van der Waals surface area contributed by atoms with E-state index in [1.807, 2.05) is 11.8 Å². The minimum Gasteiger partial charge on any atom is -0.385 e. The molecule has 1 unspecified atom stereocenters. The minimum absolute atomic E-state index is 0.226. The van der Waals surface area contributed by atoms with Crippen LogP contribution in [0.15, 0.2) is 35.3 Å². The summed E-state index contributed by atoms with van der Waals surface area (Å²) < 4.78 is 5.16. The van der Waals surface area contributed by atoms with Gasteiger partial charge in [-0.05, 0) is 17.4 Å². The SMILES string of the molecule is COCCC(C)(C)CNC1=NCC(c2ccccc2)S1. The topological polar surface area (TPSA) is 33.6 Å². The summed E-state index contributed by atoms with van der Waals surface area (Å²) in [6.45, 7) is 7.13. The van der Waals surface area contributed by atoms with Gasteiger partial charge in [-0.25, -0.2) is 0 Å². The van der Waals surface area contributed by atoms with Crippen LogP contribution in [0, 0.1) is 5.41 Å². The van der Waals surface area contributed by atoms with Crippen LogP contribution in [0.5, 0.6) is 0 Å². The Morgan fingerprint density at radius 1 is 1.35 bits per heavy atom. The molecule has 4 heteroatoms. The number of nitrogens with zero attached hydrogens (tertiary/aromatic N) is 1. The van der Waals surface area contributed by atoms with Gasteiger partial charge in [-0.15, -0.1) is 0 Å². The maximum atomic E-state index is 5.16. The summed E-state index contributed by atoms with van der Waals surface area (Å²) in [5, 5.41) is 5.02. The van der Waals surface area contributed by atoms with Crippen molar-refractivity contribution >= 4 is 16.9 Å². The number of ether oxygens (including phenoxy) is 1. The van der Waals surface area contributed by atoms with Gasteiger partial charge in [-0.2, -0.15) is 0 Å². The van der Waals surface area contributed by atoms with E-state index in [1.54, 1.807) is 7.11 Å². The van der Waals surface area contributed by atoms with E-state index in [9.17, 15) is 0 Å². The summed E-state index contributed by atoms with van der Waals surface area (Å²) in [5.41, 5.74) is 1.58. The largest absolute Gasteiger partial charge is 0.385 e. The van der Waals surface area contributed by atoms with E-state index < -0.39 is 0 Å². The van der Waals surface area contributed by atoms with Gasteiger partial charge in [0, 0.05) is 20.3 Å². The lowest BCUT2D eigenvalue weighted by molar-refractivity contribution is 0.153. The second kappa shape index (κ2) is 7.14. The van der Waals surface area contributed by atoms with Crippen molar-refractivity contribution in [1.82, 2.24) is 5.32 Å². The number of benzene rings is 1. The lowest BCUT2D eigenvalue weighted by Crippen LogP contribution is -2.32. The normalized spacial score (nSPS) is 18.9. The molecule has 1 aliphatic heterocycles. The highest BCUT2D eigenvalue weighted by Gasteiger charge is 2.23. The summed E-state index contributed by atoms with van der Waals surface area (Å²) >= 11 is 1.84. The monoisotopic (exact) mass is 292 g/mol. The molecule has 0 aromatic heterocycles. The van der Waals surface area contributed by atoms with Crippen LogP contribution in [0.25, 0.3) is 0 Å². The number of methoxy groups -OCH3 is 1. The smallest absolute Gasteiger partial charge is 0.157 e. The lowest BCUT2D eigenvalue weighted by atomic mass is 9.90. The third kappa shape index (κ3) is 4.53. The molecular formula is C16H24N2OS. The van der Waals surface area contributed by atoms with E-state index in [1.165, 1.54) is 5.56 Å². The molecule has 110 valence electrons. The average Bonchev–Trinajstić information content (AvgIpc) is 2.93. The van der Waals surface area contributed by atoms with Crippen LogP contribution >= 0.6 is 11.8 Å². The fourth-order valence-electron chi connectivity index (χ4n) is 2.10. The molecule has 0 bridgehead atoms. The molecule has 0 radical (unpaired) electrons. The standard InChI is InChI=1S/C16H24N2OS/c1-16(2,9-10-19-3)12-18-15-17-11-14(20-15)13-7-5-4-6-8-13/h4-8,14H,9-12H2,1-3H3,(H,17,18). The number of hydrogen-bond donors (Lipinski definition) is 1. The first-order chi connectivity index (χ1) is 9.61. The third-order valence-electron chi connectivity index (χ3n) is 3.53. The van der Waals surface area contributed by atoms with Crippen molar-refractivity contribution < 1.29 is 4.74 Å². The van der Waals surface area contributed by atoms with E-state index in [0.29, 0.717) is 5.25 Å². The van der Waals surface area contributed by atoms with Crippen LogP contribution in [0.3, 0.4) is 0 Å². The summed E-state index contributed by atoms with van der Waals surface area (Å²) in [5.74, 6) is 0. The van der Waals surface area contributed by atoms with E-state index in [4.69, 9.17) is 4.74 Å². The number of amidine groups is 1. The van der Waals surface area contributed by atoms with Crippen molar-refractivity contribution in [3.8, 4) is 0 Å². The van der Waals surface area contributed by atoms with Gasteiger partial charge in [0.05, 0.1) is 11.8 Å². The summed E-state index contributed by atoms with van der Waals surface area (Å²) in [6, 6.07) is 10.6. The highest BCUT2D eigenvalue weighted by Crippen LogP contribution is 2.34. The summed E-state index contributed by atoms with van der Waals surface area (Å²) in [7, 11) is 1.75. The van der Waals surface area contributed by atoms with Crippen molar-refractivity contribution in [3.63, 3.8) is 0 Å². The molecule has 3 nitrogen and oxygen atoms in total. The van der Waals surface area contributed by atoms with Gasteiger partial charge in [0.15, 0.2) is 5.17 Å². The number of rotatable bonds is 6. The van der Waals surface area contributed by atoms with Gasteiger partial charge in [0.1, 0.15) is 0 Å². The first-order valence-electron chi connectivity index (χ1n) is 7.09. The lowest BCUT2D eigenvalue weighted by Gasteiger charge is -2.25. The van der Waals surface area contributed by atoms with Gasteiger partial charge in [0.2, 0.25) is 0 Å². The van der Waals surface area contributed by atoms with Gasteiger partial charge >= 0.3 is 0 Å². The van der Waals surface area contributed by atoms with Gasteiger partial charge in [0.25, 0.3) is 0 Å². The molecule has 20 heavy (non-hydrogen) atoms. The Morgan fingerprint density at radius 2 is 2.10 bits per heavy atom. The molecule has 1 aromatic carbocycles. The Morgan fingerprint density at radius 3 is 2.80 bits per heavy atom.